The molecule has 2 amide bonds. The molecule has 0 saturated heterocycles. The number of benzene rings is 2. The normalized spacial score (nSPS) is 15.2. The van der Waals surface area contributed by atoms with E-state index in [1.807, 2.05) is 36.4 Å². The van der Waals surface area contributed by atoms with E-state index in [0.717, 1.165) is 34.8 Å². The van der Waals surface area contributed by atoms with Crippen LogP contribution in [0.25, 0.3) is 0 Å². The Morgan fingerprint density at radius 3 is 2.39 bits per heavy atom. The molecule has 0 radical (unpaired) electrons. The van der Waals surface area contributed by atoms with Gasteiger partial charge in [-0.15, -0.1) is 0 Å². The zero-order valence-corrected chi connectivity index (χ0v) is 20.6. The van der Waals surface area contributed by atoms with Crippen molar-refractivity contribution in [3.05, 3.63) is 62.7 Å². The molecule has 31 heavy (non-hydrogen) atoms. The predicted molar refractivity (Wildman–Crippen MR) is 131 cm³/mol. The fourth-order valence-corrected chi connectivity index (χ4v) is 4.18. The third kappa shape index (κ3) is 7.38. The summed E-state index contributed by atoms with van der Waals surface area (Å²) in [6.45, 7) is 1.96. The van der Waals surface area contributed by atoms with E-state index < -0.39 is 6.04 Å². The van der Waals surface area contributed by atoms with Gasteiger partial charge in [0, 0.05) is 21.2 Å². The average molecular weight is 555 g/mol. The smallest absolute Gasteiger partial charge is 0.261 e. The van der Waals surface area contributed by atoms with Crippen molar-refractivity contribution in [1.29, 1.82) is 0 Å². The molecule has 2 aromatic carbocycles. The van der Waals surface area contributed by atoms with E-state index in [0.29, 0.717) is 17.3 Å². The highest BCUT2D eigenvalue weighted by Gasteiger charge is 2.28. The Kier molecular flexibility index (Phi) is 9.02. The highest BCUT2D eigenvalue weighted by Crippen LogP contribution is 2.19. The minimum atomic E-state index is -0.606. The van der Waals surface area contributed by atoms with Crippen LogP contribution in [-0.2, 0) is 16.1 Å². The Labute approximate surface area is 202 Å². The van der Waals surface area contributed by atoms with Crippen LogP contribution in [0.5, 0.6) is 5.75 Å². The van der Waals surface area contributed by atoms with Crippen LogP contribution in [0.2, 0.25) is 5.02 Å². The van der Waals surface area contributed by atoms with Crippen molar-refractivity contribution < 1.29 is 14.3 Å². The molecule has 5 nitrogen and oxygen atoms in total. The SMILES string of the molecule is CC(C(=O)NC1CCCCC1)N(Cc1ccc(Cl)cc1)C(=O)COc1ccc(I)cc1. The van der Waals surface area contributed by atoms with Crippen LogP contribution in [0, 0.1) is 3.57 Å². The molecule has 1 saturated carbocycles. The molecule has 0 bridgehead atoms. The second-order valence-electron chi connectivity index (χ2n) is 7.91. The van der Waals surface area contributed by atoms with Gasteiger partial charge in [-0.05, 0) is 84.3 Å². The highest BCUT2D eigenvalue weighted by molar-refractivity contribution is 14.1. The second-order valence-corrected chi connectivity index (χ2v) is 9.59. The van der Waals surface area contributed by atoms with E-state index in [4.69, 9.17) is 16.3 Å². The van der Waals surface area contributed by atoms with Crippen molar-refractivity contribution >= 4 is 46.0 Å². The fourth-order valence-electron chi connectivity index (χ4n) is 3.70. The summed E-state index contributed by atoms with van der Waals surface area (Å²) < 4.78 is 6.78. The van der Waals surface area contributed by atoms with Crippen molar-refractivity contribution in [3.63, 3.8) is 0 Å². The Bertz CT molecular complexity index is 867. The van der Waals surface area contributed by atoms with Crippen LogP contribution in [-0.4, -0.2) is 35.4 Å². The zero-order valence-electron chi connectivity index (χ0n) is 17.7. The van der Waals surface area contributed by atoms with E-state index in [2.05, 4.69) is 27.9 Å². The summed E-state index contributed by atoms with van der Waals surface area (Å²) in [6.07, 6.45) is 5.49. The van der Waals surface area contributed by atoms with Crippen LogP contribution in [0.3, 0.4) is 0 Å². The highest BCUT2D eigenvalue weighted by atomic mass is 127. The molecule has 7 heteroatoms. The summed E-state index contributed by atoms with van der Waals surface area (Å²) in [4.78, 5) is 27.6. The Balaban J connectivity index is 1.69. The van der Waals surface area contributed by atoms with Crippen LogP contribution >= 0.6 is 34.2 Å². The monoisotopic (exact) mass is 554 g/mol. The molecule has 1 fully saturated rings. The number of carbonyl (C=O) groups is 2. The number of hydrogen-bond donors (Lipinski definition) is 1. The lowest BCUT2D eigenvalue weighted by Gasteiger charge is -2.31. The van der Waals surface area contributed by atoms with Gasteiger partial charge in [-0.3, -0.25) is 9.59 Å². The summed E-state index contributed by atoms with van der Waals surface area (Å²) in [5, 5.41) is 3.76. The molecule has 2 aromatic rings. The first-order valence-electron chi connectivity index (χ1n) is 10.6. The Hall–Kier alpha value is -1.80. The van der Waals surface area contributed by atoms with Crippen molar-refractivity contribution in [2.75, 3.05) is 6.61 Å². The number of rotatable bonds is 8. The van der Waals surface area contributed by atoms with Crippen molar-refractivity contribution in [1.82, 2.24) is 10.2 Å². The van der Waals surface area contributed by atoms with Crippen LogP contribution in [0.15, 0.2) is 48.5 Å². The number of nitrogens with zero attached hydrogens (tertiary/aromatic N) is 1. The van der Waals surface area contributed by atoms with E-state index in [9.17, 15) is 9.59 Å². The first-order valence-corrected chi connectivity index (χ1v) is 12.1. The first-order chi connectivity index (χ1) is 14.9. The van der Waals surface area contributed by atoms with E-state index in [1.54, 1.807) is 24.0 Å². The third-order valence-corrected chi connectivity index (χ3v) is 6.53. The molecule has 0 aliphatic heterocycles. The standard InChI is InChI=1S/C24H28ClIN2O3/c1-17(24(30)27-21-5-3-2-4-6-21)28(15-18-7-9-19(25)10-8-18)23(29)16-31-22-13-11-20(26)12-14-22/h7-14,17,21H,2-6,15-16H2,1H3,(H,27,30). The van der Waals surface area contributed by atoms with Gasteiger partial charge in [0.05, 0.1) is 0 Å². The quantitative estimate of drug-likeness (QED) is 0.457. The molecule has 0 aromatic heterocycles. The fraction of sp³-hybridized carbons (Fsp3) is 0.417. The molecular weight excluding hydrogens is 527 g/mol. The maximum Gasteiger partial charge on any atom is 0.261 e. The van der Waals surface area contributed by atoms with Gasteiger partial charge in [-0.25, -0.2) is 0 Å². The van der Waals surface area contributed by atoms with Crippen LogP contribution in [0.1, 0.15) is 44.6 Å². The first kappa shape index (κ1) is 23.9. The van der Waals surface area contributed by atoms with Crippen molar-refractivity contribution in [2.45, 2.75) is 57.7 Å². The molecular formula is C24H28ClIN2O3. The largest absolute Gasteiger partial charge is 0.484 e. The van der Waals surface area contributed by atoms with Crippen LogP contribution < -0.4 is 10.1 Å². The van der Waals surface area contributed by atoms with Gasteiger partial charge >= 0.3 is 0 Å². The van der Waals surface area contributed by atoms with Gasteiger partial charge in [0.1, 0.15) is 11.8 Å². The molecule has 1 aliphatic carbocycles. The number of carbonyl (C=O) groups excluding carboxylic acids is 2. The Morgan fingerprint density at radius 1 is 1.10 bits per heavy atom. The minimum absolute atomic E-state index is 0.122. The lowest BCUT2D eigenvalue weighted by atomic mass is 9.95. The maximum absolute atomic E-state index is 13.1. The summed E-state index contributed by atoms with van der Waals surface area (Å²) >= 11 is 8.21. The van der Waals surface area contributed by atoms with Gasteiger partial charge < -0.3 is 15.0 Å². The Morgan fingerprint density at radius 2 is 1.74 bits per heavy atom. The number of hydrogen-bond acceptors (Lipinski definition) is 3. The predicted octanol–water partition coefficient (Wildman–Crippen LogP) is 5.19. The molecule has 166 valence electrons. The third-order valence-electron chi connectivity index (χ3n) is 5.56. The second kappa shape index (κ2) is 11.7. The van der Waals surface area contributed by atoms with E-state index in [1.165, 1.54) is 6.42 Å². The maximum atomic E-state index is 13.1. The lowest BCUT2D eigenvalue weighted by Crippen LogP contribution is -2.51. The zero-order chi connectivity index (χ0) is 22.2. The van der Waals surface area contributed by atoms with Crippen molar-refractivity contribution in [2.24, 2.45) is 0 Å². The van der Waals surface area contributed by atoms with Gasteiger partial charge in [-0.1, -0.05) is 43.0 Å². The molecule has 3 rings (SSSR count). The topological polar surface area (TPSA) is 58.6 Å². The summed E-state index contributed by atoms with van der Waals surface area (Å²) in [5.41, 5.74) is 0.907. The minimum Gasteiger partial charge on any atom is -0.484 e. The van der Waals surface area contributed by atoms with Crippen LogP contribution in [0.4, 0.5) is 0 Å². The van der Waals surface area contributed by atoms with Gasteiger partial charge in [0.15, 0.2) is 6.61 Å². The number of halogens is 2. The number of amides is 2. The molecule has 1 N–H and O–H groups in total. The molecule has 1 unspecified atom stereocenters. The summed E-state index contributed by atoms with van der Waals surface area (Å²) in [5.74, 6) is 0.266. The van der Waals surface area contributed by atoms with Crippen molar-refractivity contribution in [3.8, 4) is 5.75 Å². The average Bonchev–Trinajstić information content (AvgIpc) is 2.78. The van der Waals surface area contributed by atoms with Gasteiger partial charge in [-0.2, -0.15) is 0 Å². The lowest BCUT2D eigenvalue weighted by molar-refractivity contribution is -0.142. The number of ether oxygens (including phenoxy) is 1. The summed E-state index contributed by atoms with van der Waals surface area (Å²) in [6, 6.07) is 14.4. The molecule has 0 spiro atoms. The van der Waals surface area contributed by atoms with E-state index in [-0.39, 0.29) is 24.5 Å². The van der Waals surface area contributed by atoms with E-state index >= 15 is 0 Å². The molecule has 1 atom stereocenters. The van der Waals surface area contributed by atoms with Gasteiger partial charge in [0.2, 0.25) is 5.91 Å². The molecule has 0 heterocycles. The number of nitrogens with one attached hydrogen (secondary N) is 1. The summed E-state index contributed by atoms with van der Waals surface area (Å²) in [7, 11) is 0. The molecule has 1 aliphatic rings. The van der Waals surface area contributed by atoms with Gasteiger partial charge in [0.25, 0.3) is 5.91 Å².